The normalized spacial score (nSPS) is 12.8. The Morgan fingerprint density at radius 2 is 1.92 bits per heavy atom. The van der Waals surface area contributed by atoms with Crippen LogP contribution in [0.4, 0.5) is 4.39 Å². The minimum Gasteiger partial charge on any atom is -0.497 e. The van der Waals surface area contributed by atoms with Crippen LogP contribution in [0.5, 0.6) is 5.75 Å². The van der Waals surface area contributed by atoms with E-state index in [4.69, 9.17) is 4.74 Å². The van der Waals surface area contributed by atoms with Crippen molar-refractivity contribution in [1.29, 1.82) is 0 Å². The lowest BCUT2D eigenvalue weighted by Gasteiger charge is -2.26. The summed E-state index contributed by atoms with van der Waals surface area (Å²) < 4.78 is 19.1. The van der Waals surface area contributed by atoms with Gasteiger partial charge >= 0.3 is 0 Å². The van der Waals surface area contributed by atoms with Crippen LogP contribution in [-0.4, -0.2) is 45.7 Å². The van der Waals surface area contributed by atoms with Crippen molar-refractivity contribution in [1.82, 2.24) is 15.5 Å². The lowest BCUT2D eigenvalue weighted by atomic mass is 10.1. The Bertz CT molecular complexity index is 733. The second-order valence-electron chi connectivity index (χ2n) is 6.15. The molecule has 2 aromatic rings. The molecular formula is C20H27FN4O. The molecule has 0 aliphatic rings. The number of guanidine groups is 1. The summed E-state index contributed by atoms with van der Waals surface area (Å²) in [5, 5.41) is 6.46. The molecule has 5 nitrogen and oxygen atoms in total. The van der Waals surface area contributed by atoms with Crippen LogP contribution in [0.2, 0.25) is 0 Å². The standard InChI is InChI=1S/C20H27FN4O/c1-22-20(23-13-16-8-5-6-11-18(16)21)24-14-19(25(2)3)15-9-7-10-17(12-15)26-4/h5-12,19H,13-14H2,1-4H3,(H2,22,23,24). The second-order valence-corrected chi connectivity index (χ2v) is 6.15. The highest BCUT2D eigenvalue weighted by Gasteiger charge is 2.15. The van der Waals surface area contributed by atoms with Crippen LogP contribution in [0.3, 0.4) is 0 Å². The minimum atomic E-state index is -0.224. The largest absolute Gasteiger partial charge is 0.497 e. The topological polar surface area (TPSA) is 48.9 Å². The Balaban J connectivity index is 1.99. The van der Waals surface area contributed by atoms with Crippen LogP contribution in [-0.2, 0) is 6.54 Å². The van der Waals surface area contributed by atoms with Crippen LogP contribution in [0.25, 0.3) is 0 Å². The van der Waals surface area contributed by atoms with E-state index >= 15 is 0 Å². The Morgan fingerprint density at radius 1 is 1.15 bits per heavy atom. The average Bonchev–Trinajstić information content (AvgIpc) is 2.65. The van der Waals surface area contributed by atoms with Gasteiger partial charge in [0, 0.05) is 25.7 Å². The molecule has 6 heteroatoms. The summed E-state index contributed by atoms with van der Waals surface area (Å²) in [4.78, 5) is 6.35. The minimum absolute atomic E-state index is 0.136. The number of hydrogen-bond acceptors (Lipinski definition) is 3. The van der Waals surface area contributed by atoms with Crippen molar-refractivity contribution in [3.05, 3.63) is 65.5 Å². The maximum atomic E-state index is 13.7. The lowest BCUT2D eigenvalue weighted by Crippen LogP contribution is -2.41. The van der Waals surface area contributed by atoms with Gasteiger partial charge in [-0.25, -0.2) is 4.39 Å². The monoisotopic (exact) mass is 358 g/mol. The summed E-state index contributed by atoms with van der Waals surface area (Å²) >= 11 is 0. The van der Waals surface area contributed by atoms with Gasteiger partial charge < -0.3 is 20.3 Å². The van der Waals surface area contributed by atoms with Gasteiger partial charge in [0.2, 0.25) is 0 Å². The Labute approximate surface area is 154 Å². The van der Waals surface area contributed by atoms with E-state index in [1.807, 2.05) is 38.4 Å². The highest BCUT2D eigenvalue weighted by Crippen LogP contribution is 2.22. The van der Waals surface area contributed by atoms with E-state index in [9.17, 15) is 4.39 Å². The molecule has 0 amide bonds. The predicted octanol–water partition coefficient (Wildman–Crippen LogP) is 2.80. The molecule has 2 N–H and O–H groups in total. The van der Waals surface area contributed by atoms with Crippen molar-refractivity contribution < 1.29 is 9.13 Å². The van der Waals surface area contributed by atoms with Crippen molar-refractivity contribution in [3.63, 3.8) is 0 Å². The van der Waals surface area contributed by atoms with E-state index in [2.05, 4.69) is 26.6 Å². The SMILES string of the molecule is CN=C(NCc1ccccc1F)NCC(c1cccc(OC)c1)N(C)C. The first-order valence-electron chi connectivity index (χ1n) is 8.53. The van der Waals surface area contributed by atoms with Crippen LogP contribution >= 0.6 is 0 Å². The molecule has 0 fully saturated rings. The summed E-state index contributed by atoms with van der Waals surface area (Å²) in [7, 11) is 7.42. The quantitative estimate of drug-likeness (QED) is 0.590. The molecule has 140 valence electrons. The van der Waals surface area contributed by atoms with E-state index in [-0.39, 0.29) is 11.9 Å². The van der Waals surface area contributed by atoms with E-state index in [1.54, 1.807) is 26.3 Å². The van der Waals surface area contributed by atoms with Gasteiger partial charge in [0.05, 0.1) is 13.2 Å². The molecular weight excluding hydrogens is 331 g/mol. The molecule has 2 aromatic carbocycles. The fourth-order valence-corrected chi connectivity index (χ4v) is 2.68. The molecule has 0 spiro atoms. The number of benzene rings is 2. The third kappa shape index (κ3) is 5.46. The van der Waals surface area contributed by atoms with Crippen molar-refractivity contribution in [2.24, 2.45) is 4.99 Å². The van der Waals surface area contributed by atoms with Crippen LogP contribution in [0.15, 0.2) is 53.5 Å². The summed E-state index contributed by atoms with van der Waals surface area (Å²) in [5.74, 6) is 1.23. The first-order chi connectivity index (χ1) is 12.5. The summed E-state index contributed by atoms with van der Waals surface area (Å²) in [6.07, 6.45) is 0. The maximum absolute atomic E-state index is 13.7. The number of aliphatic imine (C=N–C) groups is 1. The zero-order chi connectivity index (χ0) is 18.9. The number of hydrogen-bond donors (Lipinski definition) is 2. The molecule has 0 bridgehead atoms. The van der Waals surface area contributed by atoms with Gasteiger partial charge in [-0.15, -0.1) is 0 Å². The predicted molar refractivity (Wildman–Crippen MR) is 104 cm³/mol. The number of methoxy groups -OCH3 is 1. The summed E-state index contributed by atoms with van der Waals surface area (Å²) in [6.45, 7) is 1.02. The third-order valence-electron chi connectivity index (χ3n) is 4.19. The molecule has 1 atom stereocenters. The van der Waals surface area contributed by atoms with E-state index < -0.39 is 0 Å². The van der Waals surface area contributed by atoms with Crippen molar-refractivity contribution in [3.8, 4) is 5.75 Å². The van der Waals surface area contributed by atoms with E-state index in [1.165, 1.54) is 6.07 Å². The first-order valence-corrected chi connectivity index (χ1v) is 8.53. The Morgan fingerprint density at radius 3 is 2.58 bits per heavy atom. The Hall–Kier alpha value is -2.60. The van der Waals surface area contributed by atoms with Gasteiger partial charge in [0.1, 0.15) is 11.6 Å². The summed E-state index contributed by atoms with van der Waals surface area (Å²) in [5.41, 5.74) is 1.75. The lowest BCUT2D eigenvalue weighted by molar-refractivity contribution is 0.297. The average molecular weight is 358 g/mol. The Kier molecular flexibility index (Phi) is 7.41. The van der Waals surface area contributed by atoms with Gasteiger partial charge in [-0.1, -0.05) is 30.3 Å². The highest BCUT2D eigenvalue weighted by atomic mass is 19.1. The van der Waals surface area contributed by atoms with Gasteiger partial charge in [-0.3, -0.25) is 4.99 Å². The van der Waals surface area contributed by atoms with Gasteiger partial charge in [-0.2, -0.15) is 0 Å². The number of rotatable bonds is 7. The van der Waals surface area contributed by atoms with Gasteiger partial charge in [0.25, 0.3) is 0 Å². The zero-order valence-corrected chi connectivity index (χ0v) is 15.8. The number of ether oxygens (including phenoxy) is 1. The van der Waals surface area contributed by atoms with Crippen molar-refractivity contribution >= 4 is 5.96 Å². The van der Waals surface area contributed by atoms with E-state index in [0.29, 0.717) is 24.6 Å². The first kappa shape index (κ1) is 19.7. The zero-order valence-electron chi connectivity index (χ0n) is 15.8. The second kappa shape index (κ2) is 9.77. The number of nitrogens with zero attached hydrogens (tertiary/aromatic N) is 2. The summed E-state index contributed by atoms with van der Waals surface area (Å²) in [6, 6.07) is 14.9. The number of likely N-dealkylation sites (N-methyl/N-ethyl adjacent to an activating group) is 1. The molecule has 0 saturated carbocycles. The molecule has 2 rings (SSSR count). The van der Waals surface area contributed by atoms with Gasteiger partial charge in [0.15, 0.2) is 5.96 Å². The fourth-order valence-electron chi connectivity index (χ4n) is 2.68. The molecule has 0 aliphatic carbocycles. The number of nitrogens with one attached hydrogen (secondary N) is 2. The molecule has 26 heavy (non-hydrogen) atoms. The molecule has 0 saturated heterocycles. The maximum Gasteiger partial charge on any atom is 0.191 e. The van der Waals surface area contributed by atoms with Crippen LogP contribution in [0, 0.1) is 5.82 Å². The molecule has 0 aromatic heterocycles. The van der Waals surface area contributed by atoms with E-state index in [0.717, 1.165) is 11.3 Å². The van der Waals surface area contributed by atoms with Crippen LogP contribution < -0.4 is 15.4 Å². The molecule has 0 radical (unpaired) electrons. The smallest absolute Gasteiger partial charge is 0.191 e. The highest BCUT2D eigenvalue weighted by molar-refractivity contribution is 5.79. The van der Waals surface area contributed by atoms with Crippen molar-refractivity contribution in [2.45, 2.75) is 12.6 Å². The molecule has 0 heterocycles. The van der Waals surface area contributed by atoms with Gasteiger partial charge in [-0.05, 0) is 37.9 Å². The molecule has 0 aliphatic heterocycles. The molecule has 1 unspecified atom stereocenters. The van der Waals surface area contributed by atoms with Crippen LogP contribution in [0.1, 0.15) is 17.2 Å². The third-order valence-corrected chi connectivity index (χ3v) is 4.19. The number of halogens is 1. The fraction of sp³-hybridized carbons (Fsp3) is 0.350. The van der Waals surface area contributed by atoms with Crippen molar-refractivity contribution in [2.75, 3.05) is 34.8 Å².